The molecule has 0 radical (unpaired) electrons. The number of hydrogen-bond donors (Lipinski definition) is 3. The minimum atomic E-state index is -0.163. The van der Waals surface area contributed by atoms with Gasteiger partial charge in [0.1, 0.15) is 0 Å². The summed E-state index contributed by atoms with van der Waals surface area (Å²) in [4.78, 5) is 23.6. The quantitative estimate of drug-likeness (QED) is 0.485. The van der Waals surface area contributed by atoms with Crippen LogP contribution in [-0.4, -0.2) is 40.6 Å². The third-order valence-electron chi connectivity index (χ3n) is 4.53. The normalized spacial score (nSPS) is 26.7. The lowest BCUT2D eigenvalue weighted by molar-refractivity contribution is -0.123. The highest BCUT2D eigenvalue weighted by atomic mass is 32.2. The first-order valence-corrected chi connectivity index (χ1v) is 10.1. The predicted molar refractivity (Wildman–Crippen MR) is 100 cm³/mol. The number of carbonyl (C=O) groups excluding carboxylic acids is 2. The van der Waals surface area contributed by atoms with Gasteiger partial charge in [0.05, 0.1) is 12.1 Å². The second kappa shape index (κ2) is 7.54. The Balaban J connectivity index is 1.64. The highest BCUT2D eigenvalue weighted by Gasteiger charge is 2.42. The van der Waals surface area contributed by atoms with E-state index in [4.69, 9.17) is 0 Å². The van der Waals surface area contributed by atoms with E-state index in [1.54, 1.807) is 0 Å². The van der Waals surface area contributed by atoms with Crippen LogP contribution in [0.1, 0.15) is 66.7 Å². The molecule has 138 valence electrons. The van der Waals surface area contributed by atoms with E-state index < -0.39 is 0 Å². The number of carbonyl (C=O) groups is 2. The Labute approximate surface area is 150 Å². The lowest BCUT2D eigenvalue weighted by atomic mass is 9.81. The summed E-state index contributed by atoms with van der Waals surface area (Å²) in [6, 6.07) is 0.520. The van der Waals surface area contributed by atoms with Crippen LogP contribution in [0.15, 0.2) is 0 Å². The number of nitrogens with one attached hydrogen (secondary N) is 3. The van der Waals surface area contributed by atoms with E-state index in [0.717, 1.165) is 31.4 Å². The average Bonchev–Trinajstić information content (AvgIpc) is 2.90. The van der Waals surface area contributed by atoms with Gasteiger partial charge in [0.2, 0.25) is 5.91 Å². The zero-order valence-electron chi connectivity index (χ0n) is 15.7. The summed E-state index contributed by atoms with van der Waals surface area (Å²) >= 11 is 1.93. The molecule has 0 aliphatic carbocycles. The van der Waals surface area contributed by atoms with Gasteiger partial charge in [-0.1, -0.05) is 27.2 Å². The molecule has 2 aliphatic heterocycles. The van der Waals surface area contributed by atoms with E-state index >= 15 is 0 Å². The molecule has 2 fully saturated rings. The topological polar surface area (TPSA) is 70.2 Å². The van der Waals surface area contributed by atoms with Crippen LogP contribution >= 0.6 is 11.8 Å². The number of unbranched alkanes of at least 4 members (excludes halogenated alkanes) is 1. The second-order valence-electron chi connectivity index (χ2n) is 9.04. The van der Waals surface area contributed by atoms with Crippen molar-refractivity contribution in [2.75, 3.05) is 5.75 Å². The van der Waals surface area contributed by atoms with Crippen molar-refractivity contribution in [2.45, 2.75) is 89.6 Å². The Kier molecular flexibility index (Phi) is 6.10. The van der Waals surface area contributed by atoms with Gasteiger partial charge >= 0.3 is 6.03 Å². The smallest absolute Gasteiger partial charge is 0.315 e. The van der Waals surface area contributed by atoms with Crippen molar-refractivity contribution in [1.82, 2.24) is 16.0 Å². The van der Waals surface area contributed by atoms with Gasteiger partial charge in [-0.05, 0) is 38.5 Å². The maximum Gasteiger partial charge on any atom is 0.315 e. The minimum absolute atomic E-state index is 0.0317. The van der Waals surface area contributed by atoms with Gasteiger partial charge in [0, 0.05) is 23.0 Å². The van der Waals surface area contributed by atoms with E-state index in [0.29, 0.717) is 11.7 Å². The van der Waals surface area contributed by atoms with Crippen LogP contribution in [-0.2, 0) is 4.79 Å². The molecule has 2 heterocycles. The molecule has 5 nitrogen and oxygen atoms in total. The van der Waals surface area contributed by atoms with Gasteiger partial charge in [-0.25, -0.2) is 4.79 Å². The summed E-state index contributed by atoms with van der Waals surface area (Å²) in [6.45, 7) is 10.8. The molecule has 3 amide bonds. The van der Waals surface area contributed by atoms with Crippen LogP contribution in [0.2, 0.25) is 0 Å². The Hall–Kier alpha value is -0.910. The third kappa shape index (κ3) is 5.87. The van der Waals surface area contributed by atoms with Crippen molar-refractivity contribution in [3.63, 3.8) is 0 Å². The molecule has 2 saturated heterocycles. The monoisotopic (exact) mass is 355 g/mol. The van der Waals surface area contributed by atoms with E-state index in [9.17, 15) is 9.59 Å². The molecule has 3 N–H and O–H groups in total. The first-order valence-electron chi connectivity index (χ1n) is 9.05. The molecule has 1 unspecified atom stereocenters. The number of fused-ring (bicyclic) bond motifs is 1. The summed E-state index contributed by atoms with van der Waals surface area (Å²) in [5, 5.41) is 9.64. The molecule has 0 saturated carbocycles. The van der Waals surface area contributed by atoms with Crippen LogP contribution in [0, 0.1) is 5.41 Å². The van der Waals surface area contributed by atoms with Gasteiger partial charge in [-0.15, -0.1) is 0 Å². The highest BCUT2D eigenvalue weighted by molar-refractivity contribution is 8.00. The van der Waals surface area contributed by atoms with Crippen molar-refractivity contribution in [2.24, 2.45) is 5.41 Å². The number of thioether (sulfide) groups is 1. The largest absolute Gasteiger partial charge is 0.351 e. The van der Waals surface area contributed by atoms with Gasteiger partial charge in [0.15, 0.2) is 0 Å². The van der Waals surface area contributed by atoms with E-state index in [1.165, 1.54) is 0 Å². The van der Waals surface area contributed by atoms with Gasteiger partial charge < -0.3 is 16.0 Å². The molecule has 3 atom stereocenters. The van der Waals surface area contributed by atoms with Gasteiger partial charge in [-0.2, -0.15) is 11.8 Å². The molecule has 0 bridgehead atoms. The fourth-order valence-electron chi connectivity index (χ4n) is 4.08. The standard InChI is InChI=1S/C18H33N3O2S/c1-17(2,3)11-18(4,5)21-14(22)9-7-6-8-13-15-12(10-24-13)19-16(23)20-15/h12-13,15H,6-11H2,1-5H3,(H,21,22)(H2,19,20,23)/t12-,13?,15-/m1/s1. The summed E-state index contributed by atoms with van der Waals surface area (Å²) in [5.74, 6) is 1.15. The van der Waals surface area contributed by atoms with E-state index in [1.807, 2.05) is 11.8 Å². The van der Waals surface area contributed by atoms with Crippen molar-refractivity contribution in [3.05, 3.63) is 0 Å². The zero-order valence-corrected chi connectivity index (χ0v) is 16.5. The van der Waals surface area contributed by atoms with Crippen LogP contribution < -0.4 is 16.0 Å². The molecule has 2 rings (SSSR count). The number of amides is 3. The average molecular weight is 356 g/mol. The lowest BCUT2D eigenvalue weighted by Crippen LogP contribution is -2.45. The SMILES string of the molecule is CC(C)(C)CC(C)(C)NC(=O)CCCCC1SC[C@H]2NC(=O)N[C@@H]12. The van der Waals surface area contributed by atoms with Gasteiger partial charge in [-0.3, -0.25) is 4.79 Å². The first kappa shape index (κ1) is 19.4. The first-order chi connectivity index (χ1) is 11.1. The number of hydrogen-bond acceptors (Lipinski definition) is 3. The molecule has 2 aliphatic rings. The van der Waals surface area contributed by atoms with Crippen LogP contribution in [0.3, 0.4) is 0 Å². The summed E-state index contributed by atoms with van der Waals surface area (Å²) in [6.07, 6.45) is 4.55. The van der Waals surface area contributed by atoms with Gasteiger partial charge in [0.25, 0.3) is 0 Å². The Morgan fingerprint density at radius 1 is 1.21 bits per heavy atom. The fraction of sp³-hybridized carbons (Fsp3) is 0.889. The maximum absolute atomic E-state index is 12.2. The lowest BCUT2D eigenvalue weighted by Gasteiger charge is -2.33. The summed E-state index contributed by atoms with van der Waals surface area (Å²) < 4.78 is 0. The Bertz CT molecular complexity index is 473. The molecular formula is C18H33N3O2S. The van der Waals surface area contributed by atoms with Crippen molar-refractivity contribution in [1.29, 1.82) is 0 Å². The number of rotatable bonds is 7. The molecular weight excluding hydrogens is 322 g/mol. The predicted octanol–water partition coefficient (Wildman–Crippen LogP) is 3.04. The molecule has 24 heavy (non-hydrogen) atoms. The van der Waals surface area contributed by atoms with Crippen molar-refractivity contribution < 1.29 is 9.59 Å². The molecule has 0 aromatic carbocycles. The molecule has 0 aromatic heterocycles. The summed E-state index contributed by atoms with van der Waals surface area (Å²) in [5.41, 5.74) is 0.0381. The van der Waals surface area contributed by atoms with Crippen LogP contribution in [0.25, 0.3) is 0 Å². The van der Waals surface area contributed by atoms with Crippen molar-refractivity contribution in [3.8, 4) is 0 Å². The van der Waals surface area contributed by atoms with Crippen LogP contribution in [0.5, 0.6) is 0 Å². The maximum atomic E-state index is 12.2. The highest BCUT2D eigenvalue weighted by Crippen LogP contribution is 2.33. The number of urea groups is 1. The zero-order chi connectivity index (χ0) is 18.0. The van der Waals surface area contributed by atoms with Crippen molar-refractivity contribution >= 4 is 23.7 Å². The third-order valence-corrected chi connectivity index (χ3v) is 6.04. The van der Waals surface area contributed by atoms with E-state index in [-0.39, 0.29) is 35.0 Å². The van der Waals surface area contributed by atoms with E-state index in [2.05, 4.69) is 50.6 Å². The molecule has 0 spiro atoms. The fourth-order valence-corrected chi connectivity index (χ4v) is 5.63. The summed E-state index contributed by atoms with van der Waals surface area (Å²) in [7, 11) is 0. The second-order valence-corrected chi connectivity index (χ2v) is 10.3. The minimum Gasteiger partial charge on any atom is -0.351 e. The Morgan fingerprint density at radius 3 is 2.58 bits per heavy atom. The molecule has 6 heteroatoms. The Morgan fingerprint density at radius 2 is 1.92 bits per heavy atom. The van der Waals surface area contributed by atoms with Crippen LogP contribution in [0.4, 0.5) is 4.79 Å². The molecule has 0 aromatic rings.